The second kappa shape index (κ2) is 9.23. The first-order valence-corrected chi connectivity index (χ1v) is 12.1. The van der Waals surface area contributed by atoms with E-state index in [-0.39, 0.29) is 29.5 Å². The molecule has 0 saturated heterocycles. The van der Waals surface area contributed by atoms with Crippen LogP contribution in [0, 0.1) is 12.7 Å². The van der Waals surface area contributed by atoms with Gasteiger partial charge in [-0.05, 0) is 43.2 Å². The van der Waals surface area contributed by atoms with Crippen molar-refractivity contribution in [2.24, 2.45) is 0 Å². The first-order chi connectivity index (χ1) is 16.2. The molecule has 0 spiro atoms. The maximum atomic E-state index is 13.7. The van der Waals surface area contributed by atoms with Crippen molar-refractivity contribution in [3.63, 3.8) is 0 Å². The molecule has 174 valence electrons. The third-order valence-corrected chi connectivity index (χ3v) is 7.62. The summed E-state index contributed by atoms with van der Waals surface area (Å²) < 4.78 is 40.9. The lowest BCUT2D eigenvalue weighted by molar-refractivity contribution is -0.122. The zero-order valence-electron chi connectivity index (χ0n) is 18.7. The van der Waals surface area contributed by atoms with Crippen molar-refractivity contribution in [3.8, 4) is 0 Å². The number of halogens is 1. The summed E-state index contributed by atoms with van der Waals surface area (Å²) in [6.45, 7) is 3.30. The Labute approximate surface area is 197 Å². The van der Waals surface area contributed by atoms with Crippen LogP contribution in [0.2, 0.25) is 0 Å². The van der Waals surface area contributed by atoms with Gasteiger partial charge in [-0.25, -0.2) is 17.1 Å². The van der Waals surface area contributed by atoms with Crippen LogP contribution in [0.25, 0.3) is 4.91 Å². The fourth-order valence-electron chi connectivity index (χ4n) is 3.77. The molecule has 1 N–H and O–H groups in total. The number of benzene rings is 3. The lowest BCUT2D eigenvalue weighted by Crippen LogP contribution is -2.31. The van der Waals surface area contributed by atoms with Crippen LogP contribution in [0.3, 0.4) is 0 Å². The highest BCUT2D eigenvalue weighted by atomic mass is 32.2. The van der Waals surface area contributed by atoms with E-state index in [2.05, 4.69) is 5.32 Å². The molecule has 1 heterocycles. The van der Waals surface area contributed by atoms with Gasteiger partial charge < -0.3 is 5.32 Å². The fraction of sp³-hybridized carbons (Fsp3) is 0.154. The Balaban J connectivity index is 1.47. The molecule has 0 aromatic heterocycles. The summed E-state index contributed by atoms with van der Waals surface area (Å²) in [5, 5.41) is 2.66. The summed E-state index contributed by atoms with van der Waals surface area (Å²) in [6, 6.07) is 19.4. The third kappa shape index (κ3) is 4.49. The third-order valence-electron chi connectivity index (χ3n) is 5.69. The first kappa shape index (κ1) is 23.4. The summed E-state index contributed by atoms with van der Waals surface area (Å²) in [5.74, 6) is -1.36. The Bertz CT molecular complexity index is 1400. The van der Waals surface area contributed by atoms with Gasteiger partial charge in [0.1, 0.15) is 10.7 Å². The highest BCUT2D eigenvalue weighted by molar-refractivity contribution is 7.99. The quantitative estimate of drug-likeness (QED) is 0.577. The topological polar surface area (TPSA) is 83.6 Å². The van der Waals surface area contributed by atoms with Gasteiger partial charge in [0.25, 0.3) is 21.8 Å². The predicted molar refractivity (Wildman–Crippen MR) is 127 cm³/mol. The summed E-state index contributed by atoms with van der Waals surface area (Å²) in [6.07, 6.45) is 0. The van der Waals surface area contributed by atoms with E-state index in [1.807, 2.05) is 6.92 Å². The molecule has 0 aliphatic carbocycles. The summed E-state index contributed by atoms with van der Waals surface area (Å²) in [7, 11) is -4.01. The average Bonchev–Trinajstić information content (AvgIpc) is 2.98. The number of nitrogens with one attached hydrogen (secondary N) is 1. The van der Waals surface area contributed by atoms with E-state index in [4.69, 9.17) is 0 Å². The van der Waals surface area contributed by atoms with Crippen molar-refractivity contribution >= 4 is 26.7 Å². The van der Waals surface area contributed by atoms with Crippen LogP contribution in [0.5, 0.6) is 0 Å². The molecular formula is C26H23FN2O4S. The molecule has 0 unspecified atom stereocenters. The van der Waals surface area contributed by atoms with Crippen LogP contribution in [-0.2, 0) is 27.9 Å². The number of hydrogen-bond donors (Lipinski definition) is 1. The molecule has 0 fully saturated rings. The van der Waals surface area contributed by atoms with Crippen LogP contribution in [0.1, 0.15) is 39.5 Å². The Morgan fingerprint density at radius 2 is 1.59 bits per heavy atom. The number of nitrogens with zero attached hydrogens (tertiary/aromatic N) is 1. The largest absolute Gasteiger partial charge is 0.348 e. The number of sulfonamides is 1. The van der Waals surface area contributed by atoms with Crippen molar-refractivity contribution < 1.29 is 22.4 Å². The molecular weight excluding hydrogens is 455 g/mol. The molecule has 1 aliphatic heterocycles. The first-order valence-electron chi connectivity index (χ1n) is 10.6. The van der Waals surface area contributed by atoms with Gasteiger partial charge in [-0.2, -0.15) is 0 Å². The van der Waals surface area contributed by atoms with Crippen LogP contribution >= 0.6 is 0 Å². The zero-order valence-corrected chi connectivity index (χ0v) is 19.5. The van der Waals surface area contributed by atoms with E-state index in [0.717, 1.165) is 9.87 Å². The fourth-order valence-corrected chi connectivity index (χ4v) is 5.57. The standard InChI is InChI=1S/C26H23FN2O4S/c1-17-7-11-20(12-8-17)24-18(2)26(31)29(34(24,32)33)16-19-9-13-21(14-10-19)25(30)28-15-22-5-3-4-6-23(22)27/h3-14H,15-16H2,1-2H3,(H,28,30). The van der Waals surface area contributed by atoms with Crippen molar-refractivity contribution in [2.75, 3.05) is 0 Å². The number of carbonyl (C=O) groups excluding carboxylic acids is 2. The van der Waals surface area contributed by atoms with Crippen LogP contribution in [0.15, 0.2) is 78.4 Å². The smallest absolute Gasteiger partial charge is 0.268 e. The van der Waals surface area contributed by atoms with Gasteiger partial charge in [-0.15, -0.1) is 0 Å². The van der Waals surface area contributed by atoms with E-state index < -0.39 is 21.7 Å². The van der Waals surface area contributed by atoms with Gasteiger partial charge in [-0.3, -0.25) is 9.59 Å². The summed E-state index contributed by atoms with van der Waals surface area (Å²) in [5.41, 5.74) is 2.90. The number of aryl methyl sites for hydroxylation is 1. The number of amides is 2. The maximum absolute atomic E-state index is 13.7. The van der Waals surface area contributed by atoms with Crippen molar-refractivity contribution in [1.82, 2.24) is 9.62 Å². The van der Waals surface area contributed by atoms with Gasteiger partial charge in [0.05, 0.1) is 6.54 Å². The second-order valence-corrected chi connectivity index (χ2v) is 9.91. The molecule has 0 radical (unpaired) electrons. The molecule has 1 aliphatic rings. The van der Waals surface area contributed by atoms with Crippen molar-refractivity contribution in [3.05, 3.63) is 112 Å². The Morgan fingerprint density at radius 1 is 0.941 bits per heavy atom. The molecule has 8 heteroatoms. The molecule has 6 nitrogen and oxygen atoms in total. The second-order valence-electron chi connectivity index (χ2n) is 8.11. The summed E-state index contributed by atoms with van der Waals surface area (Å²) in [4.78, 5) is 25.2. The lowest BCUT2D eigenvalue weighted by Gasteiger charge is -2.17. The predicted octanol–water partition coefficient (Wildman–Crippen LogP) is 4.17. The van der Waals surface area contributed by atoms with Gasteiger partial charge in [0, 0.05) is 23.2 Å². The molecule has 0 atom stereocenters. The van der Waals surface area contributed by atoms with Crippen LogP contribution < -0.4 is 5.32 Å². The Morgan fingerprint density at radius 3 is 2.24 bits per heavy atom. The number of carbonyl (C=O) groups is 2. The summed E-state index contributed by atoms with van der Waals surface area (Å²) >= 11 is 0. The van der Waals surface area contributed by atoms with Crippen molar-refractivity contribution in [1.29, 1.82) is 0 Å². The molecule has 3 aromatic carbocycles. The number of rotatable bonds is 6. The highest BCUT2D eigenvalue weighted by Gasteiger charge is 2.42. The van der Waals surface area contributed by atoms with Gasteiger partial charge in [-0.1, -0.05) is 60.2 Å². The molecule has 0 saturated carbocycles. The zero-order chi connectivity index (χ0) is 24.5. The normalized spacial score (nSPS) is 15.0. The Kier molecular flexibility index (Phi) is 6.34. The molecule has 2 amide bonds. The lowest BCUT2D eigenvalue weighted by atomic mass is 10.1. The molecule has 4 rings (SSSR count). The van der Waals surface area contributed by atoms with E-state index in [0.29, 0.717) is 22.3 Å². The van der Waals surface area contributed by atoms with E-state index in [1.54, 1.807) is 66.7 Å². The highest BCUT2D eigenvalue weighted by Crippen LogP contribution is 2.36. The van der Waals surface area contributed by atoms with Crippen molar-refractivity contribution in [2.45, 2.75) is 26.9 Å². The van der Waals surface area contributed by atoms with E-state index in [9.17, 15) is 22.4 Å². The average molecular weight is 479 g/mol. The van der Waals surface area contributed by atoms with Gasteiger partial charge in [0.15, 0.2) is 0 Å². The molecule has 0 bridgehead atoms. The van der Waals surface area contributed by atoms with E-state index in [1.165, 1.54) is 13.0 Å². The Hall–Kier alpha value is -3.78. The van der Waals surface area contributed by atoms with Crippen LogP contribution in [0.4, 0.5) is 4.39 Å². The maximum Gasteiger partial charge on any atom is 0.268 e. The molecule has 3 aromatic rings. The van der Waals surface area contributed by atoms with Crippen LogP contribution in [-0.4, -0.2) is 24.5 Å². The monoisotopic (exact) mass is 478 g/mol. The SMILES string of the molecule is CC1=C(c2ccc(C)cc2)S(=O)(=O)N(Cc2ccc(C(=O)NCc3ccccc3F)cc2)C1=O. The minimum absolute atomic E-state index is 0.0154. The van der Waals surface area contributed by atoms with Gasteiger partial charge in [0.2, 0.25) is 0 Å². The number of hydrogen-bond acceptors (Lipinski definition) is 4. The minimum Gasteiger partial charge on any atom is -0.348 e. The van der Waals surface area contributed by atoms with E-state index >= 15 is 0 Å². The molecule has 34 heavy (non-hydrogen) atoms. The van der Waals surface area contributed by atoms with Gasteiger partial charge >= 0.3 is 0 Å². The minimum atomic E-state index is -4.01.